The summed E-state index contributed by atoms with van der Waals surface area (Å²) in [5.41, 5.74) is 2.25. The van der Waals surface area contributed by atoms with Gasteiger partial charge < -0.3 is 5.32 Å². The molecule has 1 N–H and O–H groups in total. The van der Waals surface area contributed by atoms with Gasteiger partial charge in [0.05, 0.1) is 12.2 Å². The summed E-state index contributed by atoms with van der Waals surface area (Å²) < 4.78 is 27.4. The molecule has 1 fully saturated rings. The van der Waals surface area contributed by atoms with Crippen LogP contribution in [0, 0.1) is 11.6 Å². The van der Waals surface area contributed by atoms with Gasteiger partial charge in [0.25, 0.3) is 0 Å². The summed E-state index contributed by atoms with van der Waals surface area (Å²) in [5, 5.41) is 2.74. The highest BCUT2D eigenvalue weighted by atomic mass is 19.2. The van der Waals surface area contributed by atoms with Crippen LogP contribution in [0.25, 0.3) is 0 Å². The van der Waals surface area contributed by atoms with E-state index in [1.54, 1.807) is 12.3 Å². The molecule has 1 aromatic heterocycles. The quantitative estimate of drug-likeness (QED) is 0.904. The van der Waals surface area contributed by atoms with Crippen LogP contribution in [0.15, 0.2) is 36.5 Å². The number of aromatic nitrogens is 1. The Kier molecular flexibility index (Phi) is 5.38. The van der Waals surface area contributed by atoms with Crippen LogP contribution < -0.4 is 5.32 Å². The largest absolute Gasteiger partial charge is 0.351 e. The maximum absolute atomic E-state index is 14.0. The molecule has 1 aliphatic rings. The summed E-state index contributed by atoms with van der Waals surface area (Å²) in [4.78, 5) is 17.5. The van der Waals surface area contributed by atoms with Crippen LogP contribution in [-0.2, 0) is 17.9 Å². The summed E-state index contributed by atoms with van der Waals surface area (Å²) in [7, 11) is 0. The zero-order chi connectivity index (χ0) is 17.8. The predicted molar refractivity (Wildman–Crippen MR) is 90.5 cm³/mol. The normalized spacial score (nSPS) is 17.6. The number of benzene rings is 1. The Morgan fingerprint density at radius 1 is 1.36 bits per heavy atom. The third kappa shape index (κ3) is 4.20. The number of pyridine rings is 1. The third-order valence-electron chi connectivity index (χ3n) is 4.51. The van der Waals surface area contributed by atoms with Crippen molar-refractivity contribution in [1.29, 1.82) is 0 Å². The van der Waals surface area contributed by atoms with Crippen LogP contribution in [0.1, 0.15) is 42.6 Å². The first-order chi connectivity index (χ1) is 12.0. The van der Waals surface area contributed by atoms with Gasteiger partial charge in [-0.3, -0.25) is 14.7 Å². The Labute approximate surface area is 145 Å². The van der Waals surface area contributed by atoms with Gasteiger partial charge in [0, 0.05) is 31.3 Å². The Hall–Kier alpha value is -2.34. The highest BCUT2D eigenvalue weighted by molar-refractivity contribution is 5.72. The monoisotopic (exact) mass is 345 g/mol. The van der Waals surface area contributed by atoms with Gasteiger partial charge in [-0.05, 0) is 43.1 Å². The molecule has 0 bridgehead atoms. The maximum atomic E-state index is 14.0. The molecule has 0 unspecified atom stereocenters. The standard InChI is InChI=1S/C19H21F2N3O/c1-13(25)23-11-16-10-14(7-8-22-16)18-6-3-9-24(18)12-15-4-2-5-17(20)19(15)21/h2,4-5,7-8,10,18H,3,6,9,11-12H2,1H3,(H,23,25)/t18-/m1/s1. The number of likely N-dealkylation sites (tertiary alicyclic amines) is 1. The lowest BCUT2D eigenvalue weighted by atomic mass is 10.0. The van der Waals surface area contributed by atoms with Gasteiger partial charge in [0.1, 0.15) is 0 Å². The second-order valence-corrected chi connectivity index (χ2v) is 6.33. The van der Waals surface area contributed by atoms with Crippen molar-refractivity contribution in [2.24, 2.45) is 0 Å². The number of rotatable bonds is 5. The van der Waals surface area contributed by atoms with Crippen LogP contribution in [-0.4, -0.2) is 22.3 Å². The number of carbonyl (C=O) groups excluding carboxylic acids is 1. The van der Waals surface area contributed by atoms with E-state index < -0.39 is 11.6 Å². The van der Waals surface area contributed by atoms with Crippen molar-refractivity contribution < 1.29 is 13.6 Å². The molecule has 0 saturated carbocycles. The molecule has 132 valence electrons. The minimum absolute atomic E-state index is 0.101. The number of nitrogens with one attached hydrogen (secondary N) is 1. The Morgan fingerprint density at radius 2 is 2.20 bits per heavy atom. The molecule has 1 aromatic carbocycles. The predicted octanol–water partition coefficient (Wildman–Crippen LogP) is 3.33. The van der Waals surface area contributed by atoms with Gasteiger partial charge in [-0.15, -0.1) is 0 Å². The zero-order valence-electron chi connectivity index (χ0n) is 14.1. The van der Waals surface area contributed by atoms with Gasteiger partial charge in [-0.2, -0.15) is 0 Å². The van der Waals surface area contributed by atoms with Crippen molar-refractivity contribution in [2.75, 3.05) is 6.54 Å². The molecule has 0 radical (unpaired) electrons. The summed E-state index contributed by atoms with van der Waals surface area (Å²) in [5.74, 6) is -1.68. The van der Waals surface area contributed by atoms with E-state index in [4.69, 9.17) is 0 Å². The van der Waals surface area contributed by atoms with Crippen LogP contribution in [0.3, 0.4) is 0 Å². The van der Waals surface area contributed by atoms with Gasteiger partial charge >= 0.3 is 0 Å². The van der Waals surface area contributed by atoms with Gasteiger partial charge in [0.15, 0.2) is 11.6 Å². The lowest BCUT2D eigenvalue weighted by Gasteiger charge is -2.25. The highest BCUT2D eigenvalue weighted by Crippen LogP contribution is 2.33. The Balaban J connectivity index is 1.76. The van der Waals surface area contributed by atoms with E-state index in [0.29, 0.717) is 18.7 Å². The summed E-state index contributed by atoms with van der Waals surface area (Å²) in [6.07, 6.45) is 3.69. The molecule has 2 heterocycles. The van der Waals surface area contributed by atoms with E-state index >= 15 is 0 Å². The lowest BCUT2D eigenvalue weighted by Crippen LogP contribution is -2.24. The fourth-order valence-electron chi connectivity index (χ4n) is 3.30. The summed E-state index contributed by atoms with van der Waals surface area (Å²) >= 11 is 0. The first-order valence-corrected chi connectivity index (χ1v) is 8.41. The summed E-state index contributed by atoms with van der Waals surface area (Å²) in [6.45, 7) is 3.06. The Bertz CT molecular complexity index is 766. The number of nitrogens with zero attached hydrogens (tertiary/aromatic N) is 2. The first-order valence-electron chi connectivity index (χ1n) is 8.41. The molecule has 1 amide bonds. The molecule has 2 aromatic rings. The topological polar surface area (TPSA) is 45.2 Å². The van der Waals surface area contributed by atoms with E-state index in [-0.39, 0.29) is 11.9 Å². The van der Waals surface area contributed by atoms with E-state index in [2.05, 4.69) is 15.2 Å². The van der Waals surface area contributed by atoms with E-state index in [0.717, 1.165) is 36.7 Å². The van der Waals surface area contributed by atoms with Crippen LogP contribution >= 0.6 is 0 Å². The molecule has 0 aliphatic carbocycles. The van der Waals surface area contributed by atoms with Gasteiger partial charge in [-0.1, -0.05) is 12.1 Å². The maximum Gasteiger partial charge on any atom is 0.217 e. The third-order valence-corrected chi connectivity index (χ3v) is 4.51. The molecule has 1 aliphatic heterocycles. The van der Waals surface area contributed by atoms with Gasteiger partial charge in [0.2, 0.25) is 5.91 Å². The average molecular weight is 345 g/mol. The number of halogens is 2. The minimum Gasteiger partial charge on any atom is -0.351 e. The van der Waals surface area contributed by atoms with Crippen molar-refractivity contribution in [3.8, 4) is 0 Å². The molecule has 25 heavy (non-hydrogen) atoms. The zero-order valence-corrected chi connectivity index (χ0v) is 14.1. The highest BCUT2D eigenvalue weighted by Gasteiger charge is 2.27. The minimum atomic E-state index is -0.810. The second-order valence-electron chi connectivity index (χ2n) is 6.33. The van der Waals surface area contributed by atoms with Crippen LogP contribution in [0.2, 0.25) is 0 Å². The van der Waals surface area contributed by atoms with Crippen molar-refractivity contribution >= 4 is 5.91 Å². The van der Waals surface area contributed by atoms with E-state index in [1.165, 1.54) is 13.0 Å². The average Bonchev–Trinajstić information content (AvgIpc) is 3.06. The SMILES string of the molecule is CC(=O)NCc1cc([C@H]2CCCN2Cc2cccc(F)c2F)ccn1. The van der Waals surface area contributed by atoms with Crippen molar-refractivity contribution in [2.45, 2.75) is 38.9 Å². The van der Waals surface area contributed by atoms with Gasteiger partial charge in [-0.25, -0.2) is 8.78 Å². The molecule has 4 nitrogen and oxygen atoms in total. The second kappa shape index (κ2) is 7.70. The van der Waals surface area contributed by atoms with Crippen LogP contribution in [0.4, 0.5) is 8.78 Å². The fraction of sp³-hybridized carbons (Fsp3) is 0.368. The molecule has 0 spiro atoms. The number of carbonyl (C=O) groups is 1. The summed E-state index contributed by atoms with van der Waals surface area (Å²) in [6, 6.07) is 8.36. The molecule has 1 saturated heterocycles. The fourth-order valence-corrected chi connectivity index (χ4v) is 3.30. The molecular weight excluding hydrogens is 324 g/mol. The van der Waals surface area contributed by atoms with Crippen LogP contribution in [0.5, 0.6) is 0 Å². The van der Waals surface area contributed by atoms with Crippen molar-refractivity contribution in [3.05, 3.63) is 65.0 Å². The Morgan fingerprint density at radius 3 is 3.00 bits per heavy atom. The number of hydrogen-bond donors (Lipinski definition) is 1. The molecular formula is C19H21F2N3O. The lowest BCUT2D eigenvalue weighted by molar-refractivity contribution is -0.119. The number of amides is 1. The molecule has 6 heteroatoms. The van der Waals surface area contributed by atoms with Crippen molar-refractivity contribution in [1.82, 2.24) is 15.2 Å². The first kappa shape index (κ1) is 17.5. The smallest absolute Gasteiger partial charge is 0.217 e. The molecule has 3 rings (SSSR count). The number of hydrogen-bond acceptors (Lipinski definition) is 3. The van der Waals surface area contributed by atoms with E-state index in [9.17, 15) is 13.6 Å². The molecule has 1 atom stereocenters. The van der Waals surface area contributed by atoms with E-state index in [1.807, 2.05) is 12.1 Å². The van der Waals surface area contributed by atoms with Crippen molar-refractivity contribution in [3.63, 3.8) is 0 Å².